The van der Waals surface area contributed by atoms with Crippen molar-refractivity contribution >= 4 is 40.5 Å². The number of carboxylic acids is 1. The Labute approximate surface area is 122 Å². The first kappa shape index (κ1) is 14.5. The first-order valence-electron chi connectivity index (χ1n) is 5.48. The molecule has 2 N–H and O–H groups in total. The number of halogens is 2. The highest BCUT2D eigenvalue weighted by Crippen LogP contribution is 2.28. The van der Waals surface area contributed by atoms with Gasteiger partial charge in [0.2, 0.25) is 0 Å². The van der Waals surface area contributed by atoms with Gasteiger partial charge >= 0.3 is 5.97 Å². The Hall–Kier alpha value is -1.92. The number of benzene rings is 1. The molecule has 0 spiro atoms. The quantitative estimate of drug-likeness (QED) is 0.905. The van der Waals surface area contributed by atoms with Crippen LogP contribution in [0.5, 0.6) is 0 Å². The van der Waals surface area contributed by atoms with Crippen LogP contribution in [0.2, 0.25) is 5.02 Å². The number of nitrogens with one attached hydrogen (secondary N) is 1. The summed E-state index contributed by atoms with van der Waals surface area (Å²) in [5.41, 5.74) is 0.537. The lowest BCUT2D eigenvalue weighted by Crippen LogP contribution is -2.15. The van der Waals surface area contributed by atoms with Crippen molar-refractivity contribution in [2.75, 3.05) is 5.32 Å². The Bertz CT molecular complexity index is 699. The van der Waals surface area contributed by atoms with Gasteiger partial charge in [0.05, 0.1) is 11.3 Å². The molecule has 1 aromatic carbocycles. The molecule has 0 bridgehead atoms. The molecular weight excluding hydrogens is 305 g/mol. The fraction of sp³-hybridized carbons (Fsp3) is 0.0769. The Kier molecular flexibility index (Phi) is 4.06. The molecule has 2 aromatic rings. The smallest absolute Gasteiger partial charge is 0.348 e. The van der Waals surface area contributed by atoms with E-state index in [1.54, 1.807) is 12.3 Å². The minimum Gasteiger partial charge on any atom is -0.477 e. The van der Waals surface area contributed by atoms with Gasteiger partial charge in [-0.1, -0.05) is 11.6 Å². The van der Waals surface area contributed by atoms with Gasteiger partial charge in [-0.15, -0.1) is 11.3 Å². The third-order valence-electron chi connectivity index (χ3n) is 2.58. The summed E-state index contributed by atoms with van der Waals surface area (Å²) >= 11 is 6.71. The second-order valence-electron chi connectivity index (χ2n) is 4.01. The maximum Gasteiger partial charge on any atom is 0.348 e. The van der Waals surface area contributed by atoms with Crippen LogP contribution >= 0.6 is 22.9 Å². The van der Waals surface area contributed by atoms with Gasteiger partial charge in [0.1, 0.15) is 10.7 Å². The maximum atomic E-state index is 13.6. The highest BCUT2D eigenvalue weighted by Gasteiger charge is 2.19. The number of carboxylic acid groups (broad SMARTS) is 1. The van der Waals surface area contributed by atoms with Crippen LogP contribution < -0.4 is 5.32 Å². The van der Waals surface area contributed by atoms with Gasteiger partial charge in [0.15, 0.2) is 0 Å². The fourth-order valence-corrected chi connectivity index (χ4v) is 2.62. The summed E-state index contributed by atoms with van der Waals surface area (Å²) in [5.74, 6) is -2.62. The number of hydrogen-bond donors (Lipinski definition) is 2. The van der Waals surface area contributed by atoms with Crippen LogP contribution in [0.4, 0.5) is 10.1 Å². The van der Waals surface area contributed by atoms with E-state index in [1.807, 2.05) is 0 Å². The lowest BCUT2D eigenvalue weighted by atomic mass is 10.2. The highest BCUT2D eigenvalue weighted by molar-refractivity contribution is 7.12. The largest absolute Gasteiger partial charge is 0.477 e. The van der Waals surface area contributed by atoms with E-state index >= 15 is 0 Å². The molecule has 4 nitrogen and oxygen atoms in total. The second kappa shape index (κ2) is 5.60. The molecular formula is C13H9ClFNO3S. The topological polar surface area (TPSA) is 66.4 Å². The monoisotopic (exact) mass is 313 g/mol. The second-order valence-corrected chi connectivity index (χ2v) is 5.32. The number of aromatic carboxylic acids is 1. The van der Waals surface area contributed by atoms with Crippen LogP contribution in [0.15, 0.2) is 23.6 Å². The first-order chi connectivity index (χ1) is 9.40. The minimum absolute atomic E-state index is 0.00159. The number of carbonyl (C=O) groups excluding carboxylic acids is 1. The normalized spacial score (nSPS) is 10.3. The average molecular weight is 314 g/mol. The van der Waals surface area contributed by atoms with Crippen LogP contribution in [0.1, 0.15) is 25.6 Å². The van der Waals surface area contributed by atoms with E-state index in [4.69, 9.17) is 16.7 Å². The SMILES string of the molecule is Cc1csc(C(=O)O)c1NC(=O)c1cc(Cl)ccc1F. The molecule has 1 heterocycles. The molecule has 0 aliphatic carbocycles. The lowest BCUT2D eigenvalue weighted by molar-refractivity contribution is 0.0703. The minimum atomic E-state index is -1.15. The fourth-order valence-electron chi connectivity index (χ4n) is 1.61. The molecule has 0 saturated heterocycles. The Balaban J connectivity index is 2.35. The first-order valence-corrected chi connectivity index (χ1v) is 6.73. The average Bonchev–Trinajstić information content (AvgIpc) is 2.74. The number of anilines is 1. The molecule has 0 saturated carbocycles. The Morgan fingerprint density at radius 3 is 2.75 bits per heavy atom. The zero-order chi connectivity index (χ0) is 14.9. The number of rotatable bonds is 3. The molecule has 7 heteroatoms. The lowest BCUT2D eigenvalue weighted by Gasteiger charge is -2.07. The molecule has 2 rings (SSSR count). The van der Waals surface area contributed by atoms with E-state index in [0.717, 1.165) is 17.4 Å². The number of amides is 1. The predicted molar refractivity (Wildman–Crippen MR) is 75.4 cm³/mol. The summed E-state index contributed by atoms with van der Waals surface area (Å²) in [4.78, 5) is 23.1. The standard InChI is InChI=1S/C13H9ClFNO3S/c1-6-5-20-11(13(18)19)10(6)16-12(17)8-4-7(14)2-3-9(8)15/h2-5H,1H3,(H,16,17)(H,18,19). The van der Waals surface area contributed by atoms with Crippen LogP contribution in [0, 0.1) is 12.7 Å². The molecule has 1 amide bonds. The number of thiophene rings is 1. The number of carbonyl (C=O) groups is 2. The zero-order valence-corrected chi connectivity index (χ0v) is 11.8. The van der Waals surface area contributed by atoms with Crippen LogP contribution in [-0.2, 0) is 0 Å². The zero-order valence-electron chi connectivity index (χ0n) is 10.2. The van der Waals surface area contributed by atoms with Gasteiger partial charge in [0, 0.05) is 5.02 Å². The van der Waals surface area contributed by atoms with E-state index in [-0.39, 0.29) is 21.2 Å². The van der Waals surface area contributed by atoms with Crippen molar-refractivity contribution in [3.8, 4) is 0 Å². The van der Waals surface area contributed by atoms with Crippen LogP contribution in [0.3, 0.4) is 0 Å². The molecule has 0 fully saturated rings. The van der Waals surface area contributed by atoms with Crippen molar-refractivity contribution in [3.63, 3.8) is 0 Å². The van der Waals surface area contributed by atoms with Crippen molar-refractivity contribution in [1.82, 2.24) is 0 Å². The molecule has 0 aliphatic rings. The van der Waals surface area contributed by atoms with Gasteiger partial charge in [-0.25, -0.2) is 9.18 Å². The third kappa shape index (κ3) is 2.81. The molecule has 20 heavy (non-hydrogen) atoms. The molecule has 0 aliphatic heterocycles. The molecule has 0 atom stereocenters. The van der Waals surface area contributed by atoms with Crippen LogP contribution in [0.25, 0.3) is 0 Å². The third-order valence-corrected chi connectivity index (χ3v) is 3.90. The highest BCUT2D eigenvalue weighted by atomic mass is 35.5. The summed E-state index contributed by atoms with van der Waals surface area (Å²) in [6.45, 7) is 1.66. The van der Waals surface area contributed by atoms with Crippen molar-refractivity contribution in [2.45, 2.75) is 6.92 Å². The summed E-state index contributed by atoms with van der Waals surface area (Å²) in [5, 5.41) is 13.3. The van der Waals surface area contributed by atoms with Crippen LogP contribution in [-0.4, -0.2) is 17.0 Å². The van der Waals surface area contributed by atoms with E-state index in [1.165, 1.54) is 12.1 Å². The van der Waals surface area contributed by atoms with Gasteiger partial charge in [-0.05, 0) is 36.1 Å². The number of aryl methyl sites for hydroxylation is 1. The molecule has 0 unspecified atom stereocenters. The summed E-state index contributed by atoms with van der Waals surface area (Å²) in [6, 6.07) is 3.59. The van der Waals surface area contributed by atoms with E-state index in [0.29, 0.717) is 5.56 Å². The van der Waals surface area contributed by atoms with Crippen molar-refractivity contribution in [3.05, 3.63) is 50.4 Å². The van der Waals surface area contributed by atoms with E-state index < -0.39 is 17.7 Å². The van der Waals surface area contributed by atoms with Gasteiger partial charge < -0.3 is 10.4 Å². The van der Waals surface area contributed by atoms with E-state index in [2.05, 4.69) is 5.32 Å². The molecule has 1 aromatic heterocycles. The maximum absolute atomic E-state index is 13.6. The molecule has 0 radical (unpaired) electrons. The summed E-state index contributed by atoms with van der Waals surface area (Å²) in [6.07, 6.45) is 0. The molecule has 104 valence electrons. The van der Waals surface area contributed by atoms with Crippen molar-refractivity contribution in [1.29, 1.82) is 0 Å². The Morgan fingerprint density at radius 2 is 2.10 bits per heavy atom. The van der Waals surface area contributed by atoms with Gasteiger partial charge in [0.25, 0.3) is 5.91 Å². The van der Waals surface area contributed by atoms with E-state index in [9.17, 15) is 14.0 Å². The predicted octanol–water partition coefficient (Wildman–Crippen LogP) is 3.80. The van der Waals surface area contributed by atoms with Gasteiger partial charge in [-0.3, -0.25) is 4.79 Å². The number of hydrogen-bond acceptors (Lipinski definition) is 3. The Morgan fingerprint density at radius 1 is 1.40 bits per heavy atom. The summed E-state index contributed by atoms with van der Waals surface area (Å²) < 4.78 is 13.6. The summed E-state index contributed by atoms with van der Waals surface area (Å²) in [7, 11) is 0. The van der Waals surface area contributed by atoms with Crippen molar-refractivity contribution in [2.24, 2.45) is 0 Å². The van der Waals surface area contributed by atoms with Crippen molar-refractivity contribution < 1.29 is 19.1 Å². The van der Waals surface area contributed by atoms with Gasteiger partial charge in [-0.2, -0.15) is 0 Å².